The number of hydrogen-bond acceptors (Lipinski definition) is 4. The second-order valence-corrected chi connectivity index (χ2v) is 6.21. The van der Waals surface area contributed by atoms with Gasteiger partial charge in [0.25, 0.3) is 0 Å². The lowest BCUT2D eigenvalue weighted by Gasteiger charge is -2.29. The van der Waals surface area contributed by atoms with E-state index in [-0.39, 0.29) is 12.2 Å². The van der Waals surface area contributed by atoms with Gasteiger partial charge in [-0.15, -0.1) is 0 Å². The molecule has 5 nitrogen and oxygen atoms in total. The van der Waals surface area contributed by atoms with Gasteiger partial charge < -0.3 is 20.1 Å². The number of rotatable bonds is 5. The molecule has 19 heavy (non-hydrogen) atoms. The van der Waals surface area contributed by atoms with Gasteiger partial charge in [-0.25, -0.2) is 4.79 Å². The van der Waals surface area contributed by atoms with Crippen LogP contribution in [0.2, 0.25) is 0 Å². The van der Waals surface area contributed by atoms with Crippen molar-refractivity contribution in [3.05, 3.63) is 0 Å². The van der Waals surface area contributed by atoms with Crippen LogP contribution in [-0.2, 0) is 4.74 Å². The van der Waals surface area contributed by atoms with Gasteiger partial charge in [0, 0.05) is 19.6 Å². The van der Waals surface area contributed by atoms with Crippen LogP contribution in [0.15, 0.2) is 0 Å². The standard InChI is InChI=1S/C14H28N2O3/c1-14(2,3)19-13(18)15-8-4-5-9-16-10-6-12(17)7-11-16/h12,17H,4-11H2,1-3H3,(H,15,18). The molecule has 0 aliphatic carbocycles. The molecule has 0 saturated carbocycles. The van der Waals surface area contributed by atoms with Gasteiger partial charge in [-0.2, -0.15) is 0 Å². The first-order valence-corrected chi connectivity index (χ1v) is 7.24. The van der Waals surface area contributed by atoms with Gasteiger partial charge in [-0.3, -0.25) is 0 Å². The number of carbonyl (C=O) groups is 1. The molecule has 1 amide bonds. The summed E-state index contributed by atoms with van der Waals surface area (Å²) in [6, 6.07) is 0. The molecule has 1 aliphatic rings. The smallest absolute Gasteiger partial charge is 0.407 e. The Morgan fingerprint density at radius 1 is 1.32 bits per heavy atom. The number of piperidine rings is 1. The summed E-state index contributed by atoms with van der Waals surface area (Å²) in [7, 11) is 0. The van der Waals surface area contributed by atoms with Crippen LogP contribution in [0, 0.1) is 0 Å². The lowest BCUT2D eigenvalue weighted by atomic mass is 10.1. The molecule has 0 aromatic rings. The van der Waals surface area contributed by atoms with Gasteiger partial charge in [0.2, 0.25) is 0 Å². The number of ether oxygens (including phenoxy) is 1. The van der Waals surface area contributed by atoms with Crippen molar-refractivity contribution in [1.82, 2.24) is 10.2 Å². The Morgan fingerprint density at radius 3 is 2.53 bits per heavy atom. The van der Waals surface area contributed by atoms with Crippen LogP contribution in [0.1, 0.15) is 46.5 Å². The van der Waals surface area contributed by atoms with Gasteiger partial charge in [0.1, 0.15) is 5.60 Å². The van der Waals surface area contributed by atoms with Crippen molar-refractivity contribution in [2.75, 3.05) is 26.2 Å². The minimum absolute atomic E-state index is 0.106. The molecule has 112 valence electrons. The minimum Gasteiger partial charge on any atom is -0.444 e. The van der Waals surface area contributed by atoms with Crippen LogP contribution in [0.5, 0.6) is 0 Å². The molecule has 2 N–H and O–H groups in total. The van der Waals surface area contributed by atoms with E-state index in [1.165, 1.54) is 0 Å². The van der Waals surface area contributed by atoms with Crippen molar-refractivity contribution < 1.29 is 14.6 Å². The maximum absolute atomic E-state index is 11.4. The van der Waals surface area contributed by atoms with E-state index in [1.54, 1.807) is 0 Å². The third kappa shape index (κ3) is 8.06. The minimum atomic E-state index is -0.432. The van der Waals surface area contributed by atoms with Crippen LogP contribution < -0.4 is 5.32 Å². The zero-order chi connectivity index (χ0) is 14.3. The predicted octanol–water partition coefficient (Wildman–Crippen LogP) is 1.75. The Kier molecular flexibility index (Phi) is 6.58. The number of alkyl carbamates (subject to hydrolysis) is 1. The fourth-order valence-corrected chi connectivity index (χ4v) is 2.11. The first kappa shape index (κ1) is 16.2. The topological polar surface area (TPSA) is 61.8 Å². The highest BCUT2D eigenvalue weighted by atomic mass is 16.6. The van der Waals surface area contributed by atoms with E-state index in [2.05, 4.69) is 10.2 Å². The Bertz CT molecular complexity index is 268. The summed E-state index contributed by atoms with van der Waals surface area (Å²) in [5, 5.41) is 12.2. The number of likely N-dealkylation sites (tertiary alicyclic amines) is 1. The van der Waals surface area contributed by atoms with Crippen molar-refractivity contribution in [2.45, 2.75) is 58.2 Å². The molecule has 0 atom stereocenters. The van der Waals surface area contributed by atoms with Crippen LogP contribution in [-0.4, -0.2) is 54.0 Å². The number of hydrogen-bond donors (Lipinski definition) is 2. The Balaban J connectivity index is 1.98. The molecule has 1 rings (SSSR count). The van der Waals surface area contributed by atoms with Gasteiger partial charge >= 0.3 is 6.09 Å². The summed E-state index contributed by atoms with van der Waals surface area (Å²) in [6.07, 6.45) is 3.34. The van der Waals surface area contributed by atoms with E-state index in [9.17, 15) is 9.90 Å². The molecular weight excluding hydrogens is 244 g/mol. The third-order valence-electron chi connectivity index (χ3n) is 3.13. The molecule has 0 spiro atoms. The summed E-state index contributed by atoms with van der Waals surface area (Å²) in [5.74, 6) is 0. The fraction of sp³-hybridized carbons (Fsp3) is 0.929. The van der Waals surface area contributed by atoms with Gasteiger partial charge in [0.15, 0.2) is 0 Å². The SMILES string of the molecule is CC(C)(C)OC(=O)NCCCCN1CCC(O)CC1. The summed E-state index contributed by atoms with van der Waals surface area (Å²) in [5.41, 5.74) is -0.432. The van der Waals surface area contributed by atoms with Crippen LogP contribution in [0.3, 0.4) is 0 Å². The predicted molar refractivity (Wildman–Crippen MR) is 75.2 cm³/mol. The molecule has 1 heterocycles. The molecule has 1 saturated heterocycles. The third-order valence-corrected chi connectivity index (χ3v) is 3.13. The number of nitrogens with one attached hydrogen (secondary N) is 1. The van der Waals surface area contributed by atoms with Crippen molar-refractivity contribution >= 4 is 6.09 Å². The van der Waals surface area contributed by atoms with E-state index >= 15 is 0 Å². The average molecular weight is 272 g/mol. The quantitative estimate of drug-likeness (QED) is 0.749. The van der Waals surface area contributed by atoms with Gasteiger partial charge in [-0.1, -0.05) is 0 Å². The van der Waals surface area contributed by atoms with Gasteiger partial charge in [0.05, 0.1) is 6.10 Å². The normalized spacial score (nSPS) is 18.3. The number of aliphatic hydroxyl groups is 1. The van der Waals surface area contributed by atoms with Gasteiger partial charge in [-0.05, 0) is 53.0 Å². The van der Waals surface area contributed by atoms with E-state index in [0.29, 0.717) is 6.54 Å². The highest BCUT2D eigenvalue weighted by Gasteiger charge is 2.17. The molecule has 1 aliphatic heterocycles. The molecular formula is C14H28N2O3. The zero-order valence-electron chi connectivity index (χ0n) is 12.4. The maximum atomic E-state index is 11.4. The number of amides is 1. The average Bonchev–Trinajstić information content (AvgIpc) is 2.29. The number of nitrogens with zero attached hydrogens (tertiary/aromatic N) is 1. The number of aliphatic hydroxyl groups excluding tert-OH is 1. The fourth-order valence-electron chi connectivity index (χ4n) is 2.11. The second-order valence-electron chi connectivity index (χ2n) is 6.21. The molecule has 0 aromatic heterocycles. The van der Waals surface area contributed by atoms with Crippen molar-refractivity contribution in [3.63, 3.8) is 0 Å². The number of carbonyl (C=O) groups excluding carboxylic acids is 1. The van der Waals surface area contributed by atoms with E-state index < -0.39 is 5.60 Å². The van der Waals surface area contributed by atoms with E-state index in [0.717, 1.165) is 45.3 Å². The lowest BCUT2D eigenvalue weighted by molar-refractivity contribution is 0.0524. The van der Waals surface area contributed by atoms with Crippen molar-refractivity contribution in [1.29, 1.82) is 0 Å². The summed E-state index contributed by atoms with van der Waals surface area (Å²) in [4.78, 5) is 13.8. The molecule has 0 aromatic carbocycles. The monoisotopic (exact) mass is 272 g/mol. The molecule has 5 heteroatoms. The first-order chi connectivity index (χ1) is 8.87. The Morgan fingerprint density at radius 2 is 1.95 bits per heavy atom. The summed E-state index contributed by atoms with van der Waals surface area (Å²) < 4.78 is 5.16. The molecule has 0 unspecified atom stereocenters. The maximum Gasteiger partial charge on any atom is 0.407 e. The first-order valence-electron chi connectivity index (χ1n) is 7.24. The summed E-state index contributed by atoms with van der Waals surface area (Å²) >= 11 is 0. The second kappa shape index (κ2) is 7.70. The Labute approximate surface area is 116 Å². The molecule has 0 radical (unpaired) electrons. The highest BCUT2D eigenvalue weighted by molar-refractivity contribution is 5.67. The van der Waals surface area contributed by atoms with Crippen molar-refractivity contribution in [2.24, 2.45) is 0 Å². The highest BCUT2D eigenvalue weighted by Crippen LogP contribution is 2.10. The summed E-state index contributed by atoms with van der Waals surface area (Å²) in [6.45, 7) is 9.25. The van der Waals surface area contributed by atoms with Crippen LogP contribution in [0.4, 0.5) is 4.79 Å². The molecule has 1 fully saturated rings. The molecule has 0 bridgehead atoms. The zero-order valence-corrected chi connectivity index (χ0v) is 12.4. The Hall–Kier alpha value is -0.810. The van der Waals surface area contributed by atoms with Crippen LogP contribution in [0.25, 0.3) is 0 Å². The largest absolute Gasteiger partial charge is 0.444 e. The number of unbranched alkanes of at least 4 members (excludes halogenated alkanes) is 1. The van der Waals surface area contributed by atoms with Crippen molar-refractivity contribution in [3.8, 4) is 0 Å². The lowest BCUT2D eigenvalue weighted by Crippen LogP contribution is -2.37. The van der Waals surface area contributed by atoms with E-state index in [1.807, 2.05) is 20.8 Å². The van der Waals surface area contributed by atoms with Crippen LogP contribution >= 0.6 is 0 Å². The van der Waals surface area contributed by atoms with E-state index in [4.69, 9.17) is 4.74 Å².